The van der Waals surface area contributed by atoms with E-state index in [4.69, 9.17) is 0 Å². The number of hydrazine groups is 1. The fourth-order valence-electron chi connectivity index (χ4n) is 1.93. The summed E-state index contributed by atoms with van der Waals surface area (Å²) in [5.41, 5.74) is 4.52. The zero-order valence-electron chi connectivity index (χ0n) is 13.9. The van der Waals surface area contributed by atoms with Crippen LogP contribution in [0.25, 0.3) is 0 Å². The maximum absolute atomic E-state index is 12.5. The quantitative estimate of drug-likeness (QED) is 0.601. The number of allylic oxidation sites excluding steroid dienone is 1. The van der Waals surface area contributed by atoms with Gasteiger partial charge in [-0.3, -0.25) is 4.79 Å². The van der Waals surface area contributed by atoms with E-state index < -0.39 is 0 Å². The summed E-state index contributed by atoms with van der Waals surface area (Å²) in [5.74, 6) is -0.0169. The van der Waals surface area contributed by atoms with Gasteiger partial charge in [-0.15, -0.1) is 0 Å². The van der Waals surface area contributed by atoms with Gasteiger partial charge in [-0.1, -0.05) is 25.6 Å². The Morgan fingerprint density at radius 3 is 2.33 bits per heavy atom. The van der Waals surface area contributed by atoms with E-state index in [1.807, 2.05) is 59.7 Å². The van der Waals surface area contributed by atoms with E-state index in [2.05, 4.69) is 11.7 Å². The number of carbonyl (C=O) groups is 1. The number of rotatable bonds is 5. The van der Waals surface area contributed by atoms with Crippen LogP contribution in [-0.4, -0.2) is 16.7 Å². The molecule has 0 saturated heterocycles. The lowest BCUT2D eigenvalue weighted by atomic mass is 10.1. The summed E-state index contributed by atoms with van der Waals surface area (Å²) in [4.78, 5) is 12.5. The standard InChI is InChI=1S/C17H25N3O/c1-8-17(21)19(20(13(4)5)18-12(2)3)16-11-14(6)9-10-15(16)7/h9-11H,4,8H2,1-3,5-7H3. The van der Waals surface area contributed by atoms with Crippen LogP contribution in [0.4, 0.5) is 5.69 Å². The second kappa shape index (κ2) is 7.07. The molecule has 0 heterocycles. The van der Waals surface area contributed by atoms with E-state index in [-0.39, 0.29) is 5.91 Å². The summed E-state index contributed by atoms with van der Waals surface area (Å²) in [5, 5.41) is 7.64. The fourth-order valence-corrected chi connectivity index (χ4v) is 1.93. The number of benzene rings is 1. The Balaban J connectivity index is 3.47. The Morgan fingerprint density at radius 2 is 1.86 bits per heavy atom. The van der Waals surface area contributed by atoms with Crippen molar-refractivity contribution in [3.8, 4) is 0 Å². The van der Waals surface area contributed by atoms with E-state index in [1.165, 1.54) is 0 Å². The predicted molar refractivity (Wildman–Crippen MR) is 89.1 cm³/mol. The molecule has 1 aromatic rings. The molecule has 0 spiro atoms. The van der Waals surface area contributed by atoms with Gasteiger partial charge in [-0.25, -0.2) is 5.01 Å². The van der Waals surface area contributed by atoms with Crippen LogP contribution in [0.2, 0.25) is 0 Å². The van der Waals surface area contributed by atoms with Gasteiger partial charge in [0.15, 0.2) is 0 Å². The molecule has 1 aromatic carbocycles. The predicted octanol–water partition coefficient (Wildman–Crippen LogP) is 4.19. The Hall–Kier alpha value is -2.10. The number of amides is 1. The number of nitrogens with zero attached hydrogens (tertiary/aromatic N) is 3. The average Bonchev–Trinajstić information content (AvgIpc) is 2.40. The summed E-state index contributed by atoms with van der Waals surface area (Å²) < 4.78 is 0. The molecule has 1 rings (SSSR count). The van der Waals surface area contributed by atoms with Gasteiger partial charge in [0.2, 0.25) is 5.91 Å². The van der Waals surface area contributed by atoms with Crippen LogP contribution in [0.3, 0.4) is 0 Å². The molecule has 21 heavy (non-hydrogen) atoms. The molecule has 0 atom stereocenters. The Labute approximate surface area is 127 Å². The average molecular weight is 287 g/mol. The first-order valence-electron chi connectivity index (χ1n) is 7.15. The van der Waals surface area contributed by atoms with E-state index in [1.54, 1.807) is 10.1 Å². The lowest BCUT2D eigenvalue weighted by molar-refractivity contribution is -0.120. The second-order valence-electron chi connectivity index (χ2n) is 5.42. The van der Waals surface area contributed by atoms with Crippen LogP contribution in [0.1, 0.15) is 45.2 Å². The summed E-state index contributed by atoms with van der Waals surface area (Å²) in [6.07, 6.45) is 0.398. The monoisotopic (exact) mass is 287 g/mol. The van der Waals surface area contributed by atoms with Crippen LogP contribution in [0.15, 0.2) is 35.6 Å². The molecule has 4 heteroatoms. The molecule has 0 aliphatic rings. The Bertz CT molecular complexity index is 571. The van der Waals surface area contributed by atoms with Crippen molar-refractivity contribution in [2.24, 2.45) is 5.10 Å². The number of aryl methyl sites for hydroxylation is 2. The zero-order valence-corrected chi connectivity index (χ0v) is 13.9. The van der Waals surface area contributed by atoms with Gasteiger partial charge in [0, 0.05) is 12.1 Å². The third-order valence-electron chi connectivity index (χ3n) is 2.96. The molecule has 0 aromatic heterocycles. The molecule has 114 valence electrons. The second-order valence-corrected chi connectivity index (χ2v) is 5.42. The third kappa shape index (κ3) is 4.18. The van der Waals surface area contributed by atoms with Crippen molar-refractivity contribution >= 4 is 17.3 Å². The van der Waals surface area contributed by atoms with Crippen molar-refractivity contribution in [3.63, 3.8) is 0 Å². The maximum Gasteiger partial charge on any atom is 0.247 e. The molecular formula is C17H25N3O. The molecular weight excluding hydrogens is 262 g/mol. The van der Waals surface area contributed by atoms with E-state index >= 15 is 0 Å². The molecule has 4 nitrogen and oxygen atoms in total. The lowest BCUT2D eigenvalue weighted by Gasteiger charge is -2.33. The first kappa shape index (κ1) is 17.0. The molecule has 0 unspecified atom stereocenters. The molecule has 0 bridgehead atoms. The highest BCUT2D eigenvalue weighted by Gasteiger charge is 2.23. The Kier molecular flexibility index (Phi) is 5.70. The van der Waals surface area contributed by atoms with Crippen molar-refractivity contribution in [1.29, 1.82) is 0 Å². The highest BCUT2D eigenvalue weighted by atomic mass is 16.2. The summed E-state index contributed by atoms with van der Waals surface area (Å²) in [6, 6.07) is 6.05. The molecule has 0 fully saturated rings. The lowest BCUT2D eigenvalue weighted by Crippen LogP contribution is -2.43. The molecule has 0 aliphatic heterocycles. The van der Waals surface area contributed by atoms with Crippen LogP contribution in [0, 0.1) is 13.8 Å². The van der Waals surface area contributed by atoms with Crippen molar-refractivity contribution in [3.05, 3.63) is 41.6 Å². The van der Waals surface area contributed by atoms with Crippen LogP contribution < -0.4 is 5.01 Å². The van der Waals surface area contributed by atoms with Crippen molar-refractivity contribution in [2.45, 2.75) is 48.0 Å². The van der Waals surface area contributed by atoms with Gasteiger partial charge < -0.3 is 0 Å². The van der Waals surface area contributed by atoms with Crippen molar-refractivity contribution in [1.82, 2.24) is 5.12 Å². The van der Waals surface area contributed by atoms with Crippen LogP contribution in [0.5, 0.6) is 0 Å². The van der Waals surface area contributed by atoms with Gasteiger partial charge >= 0.3 is 0 Å². The van der Waals surface area contributed by atoms with E-state index in [0.717, 1.165) is 22.5 Å². The van der Waals surface area contributed by atoms with Crippen LogP contribution in [-0.2, 0) is 4.79 Å². The third-order valence-corrected chi connectivity index (χ3v) is 2.96. The fraction of sp³-hybridized carbons (Fsp3) is 0.412. The van der Waals surface area contributed by atoms with E-state index in [9.17, 15) is 4.79 Å². The SMILES string of the molecule is C=C(C)N(N=C(C)C)N(C(=O)CC)c1cc(C)ccc1C. The Morgan fingerprint density at radius 1 is 1.24 bits per heavy atom. The summed E-state index contributed by atoms with van der Waals surface area (Å²) >= 11 is 0. The van der Waals surface area contributed by atoms with Crippen molar-refractivity contribution < 1.29 is 4.79 Å². The number of hydrogen-bond acceptors (Lipinski definition) is 3. The minimum atomic E-state index is -0.0169. The number of hydrogen-bond donors (Lipinski definition) is 0. The van der Waals surface area contributed by atoms with Crippen LogP contribution >= 0.6 is 0 Å². The number of carbonyl (C=O) groups excluding carboxylic acids is 1. The minimum absolute atomic E-state index is 0.0169. The summed E-state index contributed by atoms with van der Waals surface area (Å²) in [7, 11) is 0. The van der Waals surface area contributed by atoms with Gasteiger partial charge in [-0.2, -0.15) is 10.2 Å². The highest BCUT2D eigenvalue weighted by Crippen LogP contribution is 2.26. The van der Waals surface area contributed by atoms with Gasteiger partial charge in [0.05, 0.1) is 11.4 Å². The normalized spacial score (nSPS) is 10.0. The molecule has 0 N–H and O–H groups in total. The van der Waals surface area contributed by atoms with Crippen molar-refractivity contribution in [2.75, 3.05) is 5.01 Å². The first-order chi connectivity index (χ1) is 9.77. The summed E-state index contributed by atoms with van der Waals surface area (Å²) in [6.45, 7) is 15.4. The van der Waals surface area contributed by atoms with Gasteiger partial charge in [0.25, 0.3) is 0 Å². The number of anilines is 1. The largest absolute Gasteiger partial charge is 0.273 e. The molecule has 0 saturated carbocycles. The zero-order chi connectivity index (χ0) is 16.2. The first-order valence-corrected chi connectivity index (χ1v) is 7.15. The minimum Gasteiger partial charge on any atom is -0.273 e. The molecule has 0 radical (unpaired) electrons. The number of hydrazone groups is 1. The molecule has 0 aliphatic carbocycles. The highest BCUT2D eigenvalue weighted by molar-refractivity contribution is 5.93. The topological polar surface area (TPSA) is 35.9 Å². The maximum atomic E-state index is 12.5. The molecule has 1 amide bonds. The smallest absolute Gasteiger partial charge is 0.247 e. The van der Waals surface area contributed by atoms with Gasteiger partial charge in [-0.05, 0) is 51.8 Å². The van der Waals surface area contributed by atoms with E-state index in [0.29, 0.717) is 12.1 Å². The van der Waals surface area contributed by atoms with Gasteiger partial charge in [0.1, 0.15) is 0 Å².